The average molecular weight is 316 g/mol. The molecule has 0 radical (unpaired) electrons. The van der Waals surface area contributed by atoms with Gasteiger partial charge in [0.05, 0.1) is 10.6 Å². The van der Waals surface area contributed by atoms with Crippen LogP contribution in [-0.4, -0.2) is 9.97 Å². The maximum atomic E-state index is 12.6. The second-order valence-corrected chi connectivity index (χ2v) is 4.94. The maximum absolute atomic E-state index is 12.6. The standard InChI is InChI=1S/C12H5ClF3N3S/c13-8-2-1-5-18-11(8)20-10-7(6-17)3-4-9(19-10)12(14,15)16/h1-5H. The van der Waals surface area contributed by atoms with Gasteiger partial charge in [-0.25, -0.2) is 9.97 Å². The minimum atomic E-state index is -4.57. The predicted octanol–water partition coefficient (Wildman–Crippen LogP) is 4.17. The van der Waals surface area contributed by atoms with E-state index in [4.69, 9.17) is 16.9 Å². The van der Waals surface area contributed by atoms with E-state index in [1.807, 2.05) is 0 Å². The van der Waals surface area contributed by atoms with Gasteiger partial charge in [0.15, 0.2) is 0 Å². The SMILES string of the molecule is N#Cc1ccc(C(F)(F)F)nc1Sc1ncccc1Cl. The first-order chi connectivity index (χ1) is 9.41. The number of rotatable bonds is 2. The summed E-state index contributed by atoms with van der Waals surface area (Å²) in [5.74, 6) is 0. The van der Waals surface area contributed by atoms with Crippen molar-refractivity contribution >= 4 is 23.4 Å². The zero-order valence-corrected chi connectivity index (χ0v) is 11.2. The van der Waals surface area contributed by atoms with Gasteiger partial charge in [0.1, 0.15) is 21.8 Å². The van der Waals surface area contributed by atoms with Gasteiger partial charge in [-0.15, -0.1) is 0 Å². The van der Waals surface area contributed by atoms with Gasteiger partial charge in [-0.05, 0) is 36.0 Å². The highest BCUT2D eigenvalue weighted by Gasteiger charge is 2.33. The quantitative estimate of drug-likeness (QED) is 0.834. The topological polar surface area (TPSA) is 49.6 Å². The van der Waals surface area contributed by atoms with E-state index in [2.05, 4.69) is 9.97 Å². The Bertz CT molecular complexity index is 682. The van der Waals surface area contributed by atoms with E-state index in [1.54, 1.807) is 18.2 Å². The summed E-state index contributed by atoms with van der Waals surface area (Å²) in [7, 11) is 0. The number of pyridine rings is 2. The van der Waals surface area contributed by atoms with Crippen LogP contribution in [0.5, 0.6) is 0 Å². The third kappa shape index (κ3) is 3.21. The molecular weight excluding hydrogens is 311 g/mol. The molecule has 0 unspecified atom stereocenters. The summed E-state index contributed by atoms with van der Waals surface area (Å²) in [4.78, 5) is 7.41. The molecule has 2 aromatic rings. The molecule has 0 aliphatic heterocycles. The third-order valence-corrected chi connectivity index (χ3v) is 3.63. The number of alkyl halides is 3. The minimum Gasteiger partial charge on any atom is -0.248 e. The van der Waals surface area contributed by atoms with Gasteiger partial charge in [0, 0.05) is 6.20 Å². The summed E-state index contributed by atoms with van der Waals surface area (Å²) < 4.78 is 37.9. The fraction of sp³-hybridized carbons (Fsp3) is 0.0833. The molecule has 0 saturated carbocycles. The van der Waals surface area contributed by atoms with Crippen LogP contribution >= 0.6 is 23.4 Å². The summed E-state index contributed by atoms with van der Waals surface area (Å²) in [5, 5.41) is 9.41. The third-order valence-electron chi connectivity index (χ3n) is 2.19. The summed E-state index contributed by atoms with van der Waals surface area (Å²) >= 11 is 6.70. The van der Waals surface area contributed by atoms with Crippen LogP contribution in [0.3, 0.4) is 0 Å². The van der Waals surface area contributed by atoms with Crippen LogP contribution in [0.1, 0.15) is 11.3 Å². The number of aromatic nitrogens is 2. The predicted molar refractivity (Wildman–Crippen MR) is 67.3 cm³/mol. The zero-order chi connectivity index (χ0) is 14.8. The van der Waals surface area contributed by atoms with Crippen molar-refractivity contribution in [3.63, 3.8) is 0 Å². The van der Waals surface area contributed by atoms with Crippen LogP contribution in [0.2, 0.25) is 5.02 Å². The number of halogens is 4. The lowest BCUT2D eigenvalue weighted by molar-refractivity contribution is -0.141. The Morgan fingerprint density at radius 2 is 1.95 bits per heavy atom. The van der Waals surface area contributed by atoms with Crippen LogP contribution in [0.25, 0.3) is 0 Å². The highest BCUT2D eigenvalue weighted by molar-refractivity contribution is 7.99. The molecule has 2 rings (SSSR count). The Balaban J connectivity index is 2.45. The Morgan fingerprint density at radius 3 is 2.55 bits per heavy atom. The molecule has 0 spiro atoms. The van der Waals surface area contributed by atoms with Crippen LogP contribution in [0, 0.1) is 11.3 Å². The van der Waals surface area contributed by atoms with Crippen molar-refractivity contribution in [2.24, 2.45) is 0 Å². The fourth-order valence-electron chi connectivity index (χ4n) is 1.30. The van der Waals surface area contributed by atoms with Crippen LogP contribution < -0.4 is 0 Å². The molecule has 8 heteroatoms. The van der Waals surface area contributed by atoms with E-state index >= 15 is 0 Å². The summed E-state index contributed by atoms with van der Waals surface area (Å²) in [6, 6.07) is 6.78. The van der Waals surface area contributed by atoms with Crippen molar-refractivity contribution in [2.75, 3.05) is 0 Å². The van der Waals surface area contributed by atoms with Crippen molar-refractivity contribution in [1.29, 1.82) is 5.26 Å². The normalized spacial score (nSPS) is 11.2. The van der Waals surface area contributed by atoms with Crippen molar-refractivity contribution in [1.82, 2.24) is 9.97 Å². The molecule has 102 valence electrons. The monoisotopic (exact) mass is 315 g/mol. The highest BCUT2D eigenvalue weighted by Crippen LogP contribution is 2.35. The van der Waals surface area contributed by atoms with Crippen LogP contribution in [0.15, 0.2) is 40.5 Å². The number of nitrogens with zero attached hydrogens (tertiary/aromatic N) is 3. The molecule has 0 aliphatic rings. The Kier molecular flexibility index (Phi) is 4.16. The van der Waals surface area contributed by atoms with Gasteiger partial charge in [-0.1, -0.05) is 11.6 Å². The van der Waals surface area contributed by atoms with Gasteiger partial charge >= 0.3 is 6.18 Å². The minimum absolute atomic E-state index is 0.0321. The Morgan fingerprint density at radius 1 is 1.20 bits per heavy atom. The Hall–Kier alpha value is -1.78. The van der Waals surface area contributed by atoms with Crippen LogP contribution in [-0.2, 0) is 6.18 Å². The van der Waals surface area contributed by atoms with E-state index in [9.17, 15) is 13.2 Å². The lowest BCUT2D eigenvalue weighted by Crippen LogP contribution is -2.08. The number of hydrogen-bond donors (Lipinski definition) is 0. The summed E-state index contributed by atoms with van der Waals surface area (Å²) in [6.45, 7) is 0. The average Bonchev–Trinajstić information content (AvgIpc) is 2.40. The van der Waals surface area contributed by atoms with Crippen molar-refractivity contribution in [3.05, 3.63) is 46.7 Å². The molecule has 0 fully saturated rings. The van der Waals surface area contributed by atoms with Gasteiger partial charge in [-0.2, -0.15) is 18.4 Å². The molecule has 0 N–H and O–H groups in total. The molecule has 0 aliphatic carbocycles. The molecule has 20 heavy (non-hydrogen) atoms. The van der Waals surface area contributed by atoms with E-state index < -0.39 is 11.9 Å². The van der Waals surface area contributed by atoms with Gasteiger partial charge in [-0.3, -0.25) is 0 Å². The van der Waals surface area contributed by atoms with E-state index in [0.29, 0.717) is 0 Å². The molecule has 0 amide bonds. The molecule has 0 aromatic carbocycles. The molecular formula is C12H5ClF3N3S. The molecule has 0 atom stereocenters. The summed E-state index contributed by atoms with van der Waals surface area (Å²) in [5.41, 5.74) is -1.03. The molecule has 2 aromatic heterocycles. The number of hydrogen-bond acceptors (Lipinski definition) is 4. The summed E-state index contributed by atoms with van der Waals surface area (Å²) in [6.07, 6.45) is -3.12. The van der Waals surface area contributed by atoms with Crippen LogP contribution in [0.4, 0.5) is 13.2 Å². The van der Waals surface area contributed by atoms with Gasteiger partial charge in [0.2, 0.25) is 0 Å². The van der Waals surface area contributed by atoms with Crippen molar-refractivity contribution < 1.29 is 13.2 Å². The maximum Gasteiger partial charge on any atom is 0.433 e. The lowest BCUT2D eigenvalue weighted by atomic mass is 10.2. The molecule has 2 heterocycles. The fourth-order valence-corrected chi connectivity index (χ4v) is 2.37. The van der Waals surface area contributed by atoms with E-state index in [1.165, 1.54) is 6.20 Å². The second-order valence-electron chi connectivity index (χ2n) is 3.55. The van der Waals surface area contributed by atoms with Gasteiger partial charge in [0.25, 0.3) is 0 Å². The van der Waals surface area contributed by atoms with Crippen molar-refractivity contribution in [2.45, 2.75) is 16.2 Å². The molecule has 0 saturated heterocycles. The number of nitriles is 1. The smallest absolute Gasteiger partial charge is 0.248 e. The largest absolute Gasteiger partial charge is 0.433 e. The van der Waals surface area contributed by atoms with E-state index in [-0.39, 0.29) is 20.6 Å². The first-order valence-corrected chi connectivity index (χ1v) is 6.38. The zero-order valence-electron chi connectivity index (χ0n) is 9.65. The first-order valence-electron chi connectivity index (χ1n) is 5.18. The molecule has 0 bridgehead atoms. The molecule has 3 nitrogen and oxygen atoms in total. The Labute approximate surface area is 121 Å². The van der Waals surface area contributed by atoms with E-state index in [0.717, 1.165) is 23.9 Å². The first kappa shape index (κ1) is 14.6. The highest BCUT2D eigenvalue weighted by atomic mass is 35.5. The van der Waals surface area contributed by atoms with Crippen molar-refractivity contribution in [3.8, 4) is 6.07 Å². The lowest BCUT2D eigenvalue weighted by Gasteiger charge is -2.09. The second kappa shape index (κ2) is 5.69. The van der Waals surface area contributed by atoms with Gasteiger partial charge < -0.3 is 0 Å².